The van der Waals surface area contributed by atoms with Crippen molar-refractivity contribution in [2.75, 3.05) is 6.54 Å². The van der Waals surface area contributed by atoms with Gasteiger partial charge in [-0.2, -0.15) is 0 Å². The second-order valence-electron chi connectivity index (χ2n) is 5.91. The molecule has 0 heterocycles. The smallest absolute Gasteiger partial charge is 0.251 e. The van der Waals surface area contributed by atoms with Crippen molar-refractivity contribution in [1.82, 2.24) is 5.32 Å². The van der Waals surface area contributed by atoms with Crippen LogP contribution in [-0.2, 0) is 0 Å². The van der Waals surface area contributed by atoms with Crippen LogP contribution in [0, 0.1) is 6.92 Å². The summed E-state index contributed by atoms with van der Waals surface area (Å²) in [6.45, 7) is 6.44. The molecule has 2 aromatic rings. The predicted molar refractivity (Wildman–Crippen MR) is 89.0 cm³/mol. The van der Waals surface area contributed by atoms with Crippen molar-refractivity contribution in [2.24, 2.45) is 0 Å². The van der Waals surface area contributed by atoms with Crippen molar-refractivity contribution < 1.29 is 9.90 Å². The van der Waals surface area contributed by atoms with E-state index in [1.807, 2.05) is 43.3 Å². The largest absolute Gasteiger partial charge is 0.387 e. The molecular weight excluding hydrogens is 274 g/mol. The molecule has 22 heavy (non-hydrogen) atoms. The van der Waals surface area contributed by atoms with Crippen molar-refractivity contribution in [2.45, 2.75) is 32.8 Å². The number of hydrogen-bond donors (Lipinski definition) is 2. The van der Waals surface area contributed by atoms with Gasteiger partial charge >= 0.3 is 0 Å². The van der Waals surface area contributed by atoms with Crippen molar-refractivity contribution in [3.8, 4) is 0 Å². The topological polar surface area (TPSA) is 49.3 Å². The number of benzene rings is 2. The highest BCUT2D eigenvalue weighted by molar-refractivity contribution is 5.94. The molecule has 2 N–H and O–H groups in total. The molecule has 0 bridgehead atoms. The number of amides is 1. The lowest BCUT2D eigenvalue weighted by atomic mass is 10.00. The monoisotopic (exact) mass is 297 g/mol. The lowest BCUT2D eigenvalue weighted by Crippen LogP contribution is -2.28. The van der Waals surface area contributed by atoms with Gasteiger partial charge in [-0.3, -0.25) is 4.79 Å². The molecule has 0 saturated heterocycles. The average molecular weight is 297 g/mol. The quantitative estimate of drug-likeness (QED) is 0.886. The summed E-state index contributed by atoms with van der Waals surface area (Å²) in [6, 6.07) is 15.2. The predicted octanol–water partition coefficient (Wildman–Crippen LogP) is 3.58. The van der Waals surface area contributed by atoms with Gasteiger partial charge in [-0.25, -0.2) is 0 Å². The van der Waals surface area contributed by atoms with E-state index in [0.29, 0.717) is 11.5 Å². The summed E-state index contributed by atoms with van der Waals surface area (Å²) in [7, 11) is 0. The molecule has 0 aliphatic carbocycles. The van der Waals surface area contributed by atoms with Crippen molar-refractivity contribution >= 4 is 5.91 Å². The zero-order chi connectivity index (χ0) is 16.1. The molecule has 0 radical (unpaired) electrons. The first-order chi connectivity index (χ1) is 10.5. The third-order valence-corrected chi connectivity index (χ3v) is 3.76. The van der Waals surface area contributed by atoms with Crippen LogP contribution in [0.2, 0.25) is 0 Å². The van der Waals surface area contributed by atoms with Gasteiger partial charge in [-0.15, -0.1) is 0 Å². The number of aliphatic hydroxyl groups excluding tert-OH is 1. The van der Waals surface area contributed by atoms with Crippen LogP contribution >= 0.6 is 0 Å². The highest BCUT2D eigenvalue weighted by atomic mass is 16.3. The summed E-state index contributed by atoms with van der Waals surface area (Å²) in [5.41, 5.74) is 3.77. The zero-order valence-corrected chi connectivity index (χ0v) is 13.3. The van der Waals surface area contributed by atoms with Crippen molar-refractivity contribution in [3.05, 3.63) is 70.8 Å². The Hall–Kier alpha value is -2.13. The van der Waals surface area contributed by atoms with E-state index in [2.05, 4.69) is 19.2 Å². The third kappa shape index (κ3) is 4.18. The van der Waals surface area contributed by atoms with Gasteiger partial charge in [0.15, 0.2) is 0 Å². The maximum Gasteiger partial charge on any atom is 0.251 e. The number of nitrogens with one attached hydrogen (secondary N) is 1. The summed E-state index contributed by atoms with van der Waals surface area (Å²) in [6.07, 6.45) is -0.699. The Bertz CT molecular complexity index is 615. The number of carbonyl (C=O) groups excluding carboxylic acids is 1. The number of hydrogen-bond acceptors (Lipinski definition) is 2. The van der Waals surface area contributed by atoms with Crippen LogP contribution in [0.15, 0.2) is 48.5 Å². The molecule has 1 unspecified atom stereocenters. The van der Waals surface area contributed by atoms with E-state index in [1.165, 1.54) is 5.56 Å². The Morgan fingerprint density at radius 2 is 1.55 bits per heavy atom. The Morgan fingerprint density at radius 1 is 1.00 bits per heavy atom. The second kappa shape index (κ2) is 7.23. The van der Waals surface area contributed by atoms with Crippen LogP contribution in [0.3, 0.4) is 0 Å². The van der Waals surface area contributed by atoms with Gasteiger partial charge in [0.1, 0.15) is 0 Å². The lowest BCUT2D eigenvalue weighted by Gasteiger charge is -2.14. The molecule has 0 aliphatic rings. The normalized spacial score (nSPS) is 12.2. The van der Waals surface area contributed by atoms with E-state index >= 15 is 0 Å². The van der Waals surface area contributed by atoms with Gasteiger partial charge in [-0.1, -0.05) is 55.8 Å². The van der Waals surface area contributed by atoms with Gasteiger partial charge in [0.25, 0.3) is 5.91 Å². The maximum absolute atomic E-state index is 12.0. The molecule has 0 fully saturated rings. The second-order valence-corrected chi connectivity index (χ2v) is 5.91. The Balaban J connectivity index is 1.93. The summed E-state index contributed by atoms with van der Waals surface area (Å²) in [5.74, 6) is 0.297. The molecule has 2 rings (SSSR count). The van der Waals surface area contributed by atoms with E-state index in [-0.39, 0.29) is 12.5 Å². The van der Waals surface area contributed by atoms with Crippen molar-refractivity contribution in [3.63, 3.8) is 0 Å². The highest BCUT2D eigenvalue weighted by Gasteiger charge is 2.11. The maximum atomic E-state index is 12.0. The fraction of sp³-hybridized carbons (Fsp3) is 0.316. The summed E-state index contributed by atoms with van der Waals surface area (Å²) < 4.78 is 0. The van der Waals surface area contributed by atoms with Crippen LogP contribution in [0.1, 0.15) is 52.9 Å². The Kier molecular flexibility index (Phi) is 5.34. The number of aryl methyl sites for hydroxylation is 1. The van der Waals surface area contributed by atoms with E-state index < -0.39 is 6.10 Å². The molecule has 3 nitrogen and oxygen atoms in total. The van der Waals surface area contributed by atoms with Crippen LogP contribution in [-0.4, -0.2) is 17.6 Å². The van der Waals surface area contributed by atoms with Gasteiger partial charge in [-0.05, 0) is 36.1 Å². The minimum Gasteiger partial charge on any atom is -0.387 e. The van der Waals surface area contributed by atoms with E-state index in [1.54, 1.807) is 12.1 Å². The van der Waals surface area contributed by atoms with Crippen LogP contribution in [0.25, 0.3) is 0 Å². The van der Waals surface area contributed by atoms with Crippen LogP contribution in [0.5, 0.6) is 0 Å². The molecule has 0 saturated carbocycles. The molecule has 0 aliphatic heterocycles. The third-order valence-electron chi connectivity index (χ3n) is 3.76. The minimum atomic E-state index is -0.699. The molecule has 116 valence electrons. The first-order valence-electron chi connectivity index (χ1n) is 7.60. The van der Waals surface area contributed by atoms with Crippen LogP contribution in [0.4, 0.5) is 0 Å². The Labute approximate surface area is 132 Å². The number of rotatable bonds is 5. The Morgan fingerprint density at radius 3 is 2.09 bits per heavy atom. The fourth-order valence-corrected chi connectivity index (χ4v) is 2.22. The minimum absolute atomic E-state index is 0.169. The van der Waals surface area contributed by atoms with Crippen LogP contribution < -0.4 is 5.32 Å². The molecule has 0 aromatic heterocycles. The summed E-state index contributed by atoms with van der Waals surface area (Å²) in [5, 5.41) is 12.9. The van der Waals surface area contributed by atoms with Crippen molar-refractivity contribution in [1.29, 1.82) is 0 Å². The van der Waals surface area contributed by atoms with Gasteiger partial charge in [0.05, 0.1) is 6.10 Å². The fourth-order valence-electron chi connectivity index (χ4n) is 2.22. The van der Waals surface area contributed by atoms with E-state index in [4.69, 9.17) is 0 Å². The van der Waals surface area contributed by atoms with Gasteiger partial charge in [0, 0.05) is 12.1 Å². The highest BCUT2D eigenvalue weighted by Crippen LogP contribution is 2.18. The average Bonchev–Trinajstić information content (AvgIpc) is 2.53. The number of aliphatic hydroxyl groups is 1. The molecule has 2 aromatic carbocycles. The van der Waals surface area contributed by atoms with E-state index in [0.717, 1.165) is 11.1 Å². The summed E-state index contributed by atoms with van der Waals surface area (Å²) >= 11 is 0. The van der Waals surface area contributed by atoms with Gasteiger partial charge in [0.2, 0.25) is 0 Å². The van der Waals surface area contributed by atoms with Gasteiger partial charge < -0.3 is 10.4 Å². The SMILES string of the molecule is Cc1ccc(C(=O)NCC(O)c2ccc(C(C)C)cc2)cc1. The molecule has 3 heteroatoms. The summed E-state index contributed by atoms with van der Waals surface area (Å²) in [4.78, 5) is 12.0. The first-order valence-corrected chi connectivity index (χ1v) is 7.60. The molecule has 1 amide bonds. The molecule has 0 spiro atoms. The lowest BCUT2D eigenvalue weighted by molar-refractivity contribution is 0.0916. The molecular formula is C19H23NO2. The number of carbonyl (C=O) groups is 1. The first kappa shape index (κ1) is 16.2. The molecule has 1 atom stereocenters. The zero-order valence-electron chi connectivity index (χ0n) is 13.3. The van der Waals surface area contributed by atoms with E-state index in [9.17, 15) is 9.90 Å². The standard InChI is InChI=1S/C19H23NO2/c1-13(2)15-8-10-16(11-9-15)18(21)12-20-19(22)17-6-4-14(3)5-7-17/h4-11,13,18,21H,12H2,1-3H3,(H,20,22).